The number of fused-ring (bicyclic) bond motifs is 1. The summed E-state index contributed by atoms with van der Waals surface area (Å²) in [7, 11) is 2.15. The van der Waals surface area contributed by atoms with Gasteiger partial charge in [0.2, 0.25) is 0 Å². The first-order chi connectivity index (χ1) is 10.7. The Morgan fingerprint density at radius 3 is 2.73 bits per heavy atom. The smallest absolute Gasteiger partial charge is 0.0705 e. The van der Waals surface area contributed by atoms with Crippen LogP contribution in [0.5, 0.6) is 0 Å². The number of rotatable bonds is 5. The fourth-order valence-electron chi connectivity index (χ4n) is 2.61. The maximum absolute atomic E-state index is 4.42. The molecule has 0 aliphatic carbocycles. The van der Waals surface area contributed by atoms with Crippen LogP contribution in [0.1, 0.15) is 18.2 Å². The van der Waals surface area contributed by atoms with Crippen LogP contribution in [0, 0.1) is 0 Å². The van der Waals surface area contributed by atoms with E-state index in [1.807, 2.05) is 18.5 Å². The lowest BCUT2D eigenvalue weighted by Gasteiger charge is -2.25. The third-order valence-corrected chi connectivity index (χ3v) is 4.03. The molecule has 0 bridgehead atoms. The van der Waals surface area contributed by atoms with Gasteiger partial charge in [-0.2, -0.15) is 0 Å². The zero-order valence-corrected chi connectivity index (χ0v) is 13.0. The normalized spacial score (nSPS) is 12.7. The molecular formula is C18H20N4. The van der Waals surface area contributed by atoms with E-state index in [4.69, 9.17) is 0 Å². The van der Waals surface area contributed by atoms with Crippen LogP contribution >= 0.6 is 0 Å². The number of pyridine rings is 1. The van der Waals surface area contributed by atoms with Crippen molar-refractivity contribution in [2.75, 3.05) is 7.05 Å². The van der Waals surface area contributed by atoms with Gasteiger partial charge >= 0.3 is 0 Å². The van der Waals surface area contributed by atoms with Crippen LogP contribution < -0.4 is 0 Å². The van der Waals surface area contributed by atoms with Crippen LogP contribution in [0.3, 0.4) is 0 Å². The van der Waals surface area contributed by atoms with Crippen molar-refractivity contribution in [2.24, 2.45) is 0 Å². The number of aromatic nitrogens is 3. The molecule has 1 aromatic carbocycles. The van der Waals surface area contributed by atoms with Crippen molar-refractivity contribution in [1.82, 2.24) is 19.9 Å². The highest BCUT2D eigenvalue weighted by atomic mass is 15.1. The number of hydrogen-bond donors (Lipinski definition) is 0. The van der Waals surface area contributed by atoms with Crippen LogP contribution in [0.4, 0.5) is 0 Å². The number of likely N-dealkylation sites (N-methyl/N-ethyl adjacent to an activating group) is 1. The summed E-state index contributed by atoms with van der Waals surface area (Å²) in [4.78, 5) is 15.3. The fourth-order valence-corrected chi connectivity index (χ4v) is 2.61. The average Bonchev–Trinajstić information content (AvgIpc) is 2.56. The maximum Gasteiger partial charge on any atom is 0.0705 e. The summed E-state index contributed by atoms with van der Waals surface area (Å²) in [5.41, 5.74) is 3.38. The van der Waals surface area contributed by atoms with E-state index in [0.29, 0.717) is 6.04 Å². The second-order valence-corrected chi connectivity index (χ2v) is 5.65. The van der Waals surface area contributed by atoms with Crippen LogP contribution in [0.2, 0.25) is 0 Å². The molecule has 4 nitrogen and oxygen atoms in total. The summed E-state index contributed by atoms with van der Waals surface area (Å²) in [6.07, 6.45) is 8.08. The Balaban J connectivity index is 1.74. The number of para-hydroxylation sites is 1. The quantitative estimate of drug-likeness (QED) is 0.724. The lowest BCUT2D eigenvalue weighted by molar-refractivity contribution is 0.247. The molecule has 0 N–H and O–H groups in total. The molecule has 1 atom stereocenters. The van der Waals surface area contributed by atoms with E-state index >= 15 is 0 Å². The summed E-state index contributed by atoms with van der Waals surface area (Å²) in [6.45, 7) is 3.11. The molecule has 0 amide bonds. The van der Waals surface area contributed by atoms with Crippen molar-refractivity contribution in [1.29, 1.82) is 0 Å². The Bertz CT molecular complexity index is 737. The minimum atomic E-state index is 0.392. The Labute approximate surface area is 130 Å². The zero-order valence-electron chi connectivity index (χ0n) is 13.0. The third-order valence-electron chi connectivity index (χ3n) is 4.03. The van der Waals surface area contributed by atoms with Crippen molar-refractivity contribution < 1.29 is 0 Å². The third kappa shape index (κ3) is 3.28. The molecule has 0 saturated heterocycles. The predicted octanol–water partition coefficient (Wildman–Crippen LogP) is 3.09. The fraction of sp³-hybridized carbons (Fsp3) is 0.278. The summed E-state index contributed by atoms with van der Waals surface area (Å²) in [5, 5.41) is 1.23. The van der Waals surface area contributed by atoms with E-state index in [9.17, 15) is 0 Å². The van der Waals surface area contributed by atoms with Gasteiger partial charge in [-0.05, 0) is 31.7 Å². The Morgan fingerprint density at radius 2 is 1.91 bits per heavy atom. The highest BCUT2D eigenvalue weighted by Crippen LogP contribution is 2.18. The zero-order chi connectivity index (χ0) is 15.4. The Kier molecular flexibility index (Phi) is 4.39. The SMILES string of the molecule is C[C@H](Cc1cnccn1)N(C)Cc1ccnc2ccccc12. The van der Waals surface area contributed by atoms with Gasteiger partial charge in [-0.25, -0.2) is 0 Å². The molecule has 0 aliphatic heterocycles. The topological polar surface area (TPSA) is 41.9 Å². The molecule has 0 aliphatic rings. The van der Waals surface area contributed by atoms with Crippen LogP contribution in [0.15, 0.2) is 55.1 Å². The molecule has 4 heteroatoms. The van der Waals surface area contributed by atoms with Gasteiger partial charge in [-0.15, -0.1) is 0 Å². The highest BCUT2D eigenvalue weighted by molar-refractivity contribution is 5.81. The molecule has 0 fully saturated rings. The molecule has 3 rings (SSSR count). The Hall–Kier alpha value is -2.33. The van der Waals surface area contributed by atoms with Crippen LogP contribution in [-0.2, 0) is 13.0 Å². The largest absolute Gasteiger partial charge is 0.299 e. The Morgan fingerprint density at radius 1 is 1.05 bits per heavy atom. The first kappa shape index (κ1) is 14.6. The monoisotopic (exact) mass is 292 g/mol. The van der Waals surface area contributed by atoms with Gasteiger partial charge in [0.25, 0.3) is 0 Å². The lowest BCUT2D eigenvalue weighted by atomic mass is 10.1. The molecule has 2 aromatic heterocycles. The molecule has 3 aromatic rings. The first-order valence-corrected chi connectivity index (χ1v) is 7.52. The molecule has 0 saturated carbocycles. The van der Waals surface area contributed by atoms with Crippen molar-refractivity contribution >= 4 is 10.9 Å². The first-order valence-electron chi connectivity index (χ1n) is 7.52. The van der Waals surface area contributed by atoms with Crippen LogP contribution in [0.25, 0.3) is 10.9 Å². The summed E-state index contributed by atoms with van der Waals surface area (Å²) in [6, 6.07) is 10.8. The van der Waals surface area contributed by atoms with Crippen LogP contribution in [-0.4, -0.2) is 32.9 Å². The maximum atomic E-state index is 4.42. The van der Waals surface area contributed by atoms with Gasteiger partial charge in [0.05, 0.1) is 11.2 Å². The molecule has 0 radical (unpaired) electrons. The molecule has 22 heavy (non-hydrogen) atoms. The molecule has 112 valence electrons. The second kappa shape index (κ2) is 6.62. The van der Waals surface area contributed by atoms with Gasteiger partial charge in [0.1, 0.15) is 0 Å². The van der Waals surface area contributed by atoms with Crippen molar-refractivity contribution in [3.05, 3.63) is 66.4 Å². The second-order valence-electron chi connectivity index (χ2n) is 5.65. The van der Waals surface area contributed by atoms with Crippen molar-refractivity contribution in [2.45, 2.75) is 25.9 Å². The van der Waals surface area contributed by atoms with Gasteiger partial charge in [-0.1, -0.05) is 18.2 Å². The molecule has 2 heterocycles. The van der Waals surface area contributed by atoms with Gasteiger partial charge in [-0.3, -0.25) is 19.9 Å². The minimum absolute atomic E-state index is 0.392. The molecule has 0 spiro atoms. The lowest BCUT2D eigenvalue weighted by Crippen LogP contribution is -2.30. The standard InChI is InChI=1S/C18H20N4/c1-14(11-16-12-19-9-10-20-16)22(2)13-15-7-8-21-18-6-4-3-5-17(15)18/h3-10,12,14H,11,13H2,1-2H3/t14-/m1/s1. The highest BCUT2D eigenvalue weighted by Gasteiger charge is 2.12. The van der Waals surface area contributed by atoms with Gasteiger partial charge < -0.3 is 0 Å². The number of nitrogens with zero attached hydrogens (tertiary/aromatic N) is 4. The van der Waals surface area contributed by atoms with E-state index in [2.05, 4.69) is 58.1 Å². The van der Waals surface area contributed by atoms with E-state index in [1.165, 1.54) is 10.9 Å². The summed E-state index contributed by atoms with van der Waals surface area (Å²) in [5.74, 6) is 0. The van der Waals surface area contributed by atoms with E-state index in [0.717, 1.165) is 24.2 Å². The number of hydrogen-bond acceptors (Lipinski definition) is 4. The predicted molar refractivity (Wildman–Crippen MR) is 88.4 cm³/mol. The van der Waals surface area contributed by atoms with E-state index < -0.39 is 0 Å². The van der Waals surface area contributed by atoms with E-state index in [-0.39, 0.29) is 0 Å². The molecule has 0 unspecified atom stereocenters. The minimum Gasteiger partial charge on any atom is -0.299 e. The van der Waals surface area contributed by atoms with Gasteiger partial charge in [0, 0.05) is 49.2 Å². The summed E-state index contributed by atoms with van der Waals surface area (Å²) >= 11 is 0. The van der Waals surface area contributed by atoms with E-state index in [1.54, 1.807) is 12.4 Å². The van der Waals surface area contributed by atoms with Gasteiger partial charge in [0.15, 0.2) is 0 Å². The number of benzene rings is 1. The summed E-state index contributed by atoms with van der Waals surface area (Å²) < 4.78 is 0. The van der Waals surface area contributed by atoms with Crippen molar-refractivity contribution in [3.8, 4) is 0 Å². The molecular weight excluding hydrogens is 272 g/mol. The van der Waals surface area contributed by atoms with Crippen molar-refractivity contribution in [3.63, 3.8) is 0 Å². The average molecular weight is 292 g/mol.